The van der Waals surface area contributed by atoms with E-state index >= 15 is 0 Å². The first-order valence-electron chi connectivity index (χ1n) is 13.2. The van der Waals surface area contributed by atoms with Gasteiger partial charge in [0.1, 0.15) is 5.82 Å². The molecule has 1 aliphatic carbocycles. The number of morpholine rings is 1. The summed E-state index contributed by atoms with van der Waals surface area (Å²) in [5.74, 6) is 1.41. The Morgan fingerprint density at radius 2 is 2.00 bits per heavy atom. The number of nitrogens with one attached hydrogen (secondary N) is 1. The molecule has 0 radical (unpaired) electrons. The van der Waals surface area contributed by atoms with Crippen molar-refractivity contribution in [1.82, 2.24) is 40.2 Å². The average Bonchev–Trinajstić information content (AvgIpc) is 3.56. The first-order valence-corrected chi connectivity index (χ1v) is 13.2. The number of hydrogen-bond donors (Lipinski definition) is 1. The van der Waals surface area contributed by atoms with E-state index in [4.69, 9.17) is 9.72 Å². The Balaban J connectivity index is 1.09. The number of pyridine rings is 1. The molecule has 0 spiro atoms. The molecule has 2 aliphatic rings. The lowest BCUT2D eigenvalue weighted by Crippen LogP contribution is -2.42. The molecule has 6 rings (SSSR count). The van der Waals surface area contributed by atoms with Crippen molar-refractivity contribution in [2.75, 3.05) is 39.4 Å². The predicted molar refractivity (Wildman–Crippen MR) is 139 cm³/mol. The summed E-state index contributed by atoms with van der Waals surface area (Å²) in [6.45, 7) is 7.01. The Morgan fingerprint density at radius 1 is 1.11 bits per heavy atom. The lowest BCUT2D eigenvalue weighted by Gasteiger charge is -2.26. The predicted octanol–water partition coefficient (Wildman–Crippen LogP) is 2.47. The first kappa shape index (κ1) is 23.9. The van der Waals surface area contributed by atoms with Crippen molar-refractivity contribution >= 4 is 28.0 Å². The van der Waals surface area contributed by atoms with Gasteiger partial charge in [-0.3, -0.25) is 14.7 Å². The summed E-state index contributed by atoms with van der Waals surface area (Å²) in [6, 6.07) is 10.1. The molecule has 1 aromatic carbocycles. The van der Waals surface area contributed by atoms with E-state index in [1.54, 1.807) is 10.9 Å². The van der Waals surface area contributed by atoms with Crippen LogP contribution in [0, 0.1) is 18.8 Å². The minimum Gasteiger partial charge on any atom is -0.379 e. The van der Waals surface area contributed by atoms with E-state index < -0.39 is 0 Å². The van der Waals surface area contributed by atoms with E-state index in [9.17, 15) is 4.79 Å². The fraction of sp³-hybridized carbons (Fsp3) is 0.481. The van der Waals surface area contributed by atoms with Crippen molar-refractivity contribution in [1.29, 1.82) is 0 Å². The van der Waals surface area contributed by atoms with Crippen molar-refractivity contribution < 1.29 is 9.53 Å². The summed E-state index contributed by atoms with van der Waals surface area (Å²) < 4.78 is 7.15. The van der Waals surface area contributed by atoms with E-state index in [0.717, 1.165) is 86.6 Å². The van der Waals surface area contributed by atoms with Crippen molar-refractivity contribution in [2.45, 2.75) is 32.6 Å². The number of carbonyl (C=O) groups is 1. The molecule has 3 aromatic heterocycles. The summed E-state index contributed by atoms with van der Waals surface area (Å²) in [5, 5.41) is 12.8. The molecule has 0 unspecified atom stereocenters. The highest BCUT2D eigenvalue weighted by Gasteiger charge is 2.30. The SMILES string of the molecule is Cc1ccc2cc(-n3nnc4cnc(C[C@@H]5CC[C@@H](C(=O)NCCN6CCOCC6)C5)nc43)ccc2n1. The van der Waals surface area contributed by atoms with Crippen LogP contribution in [0.2, 0.25) is 0 Å². The molecule has 1 aliphatic heterocycles. The number of amides is 1. The summed E-state index contributed by atoms with van der Waals surface area (Å²) in [4.78, 5) is 29.0. The maximum atomic E-state index is 12.7. The molecule has 4 heterocycles. The van der Waals surface area contributed by atoms with E-state index in [2.05, 4.69) is 42.6 Å². The van der Waals surface area contributed by atoms with Crippen LogP contribution in [-0.4, -0.2) is 80.1 Å². The molecule has 192 valence electrons. The van der Waals surface area contributed by atoms with Crippen LogP contribution >= 0.6 is 0 Å². The topological polar surface area (TPSA) is 111 Å². The van der Waals surface area contributed by atoms with Crippen LogP contribution in [0.3, 0.4) is 0 Å². The van der Waals surface area contributed by atoms with Gasteiger partial charge in [-0.2, -0.15) is 4.68 Å². The van der Waals surface area contributed by atoms with Crippen LogP contribution in [0.5, 0.6) is 0 Å². The number of benzene rings is 1. The summed E-state index contributed by atoms with van der Waals surface area (Å²) >= 11 is 0. The summed E-state index contributed by atoms with van der Waals surface area (Å²) in [5.41, 5.74) is 4.18. The monoisotopic (exact) mass is 500 g/mol. The van der Waals surface area contributed by atoms with Gasteiger partial charge in [-0.05, 0) is 56.4 Å². The quantitative estimate of drug-likeness (QED) is 0.412. The number of nitrogens with zero attached hydrogens (tertiary/aromatic N) is 7. The first-order chi connectivity index (χ1) is 18.1. The van der Waals surface area contributed by atoms with Crippen molar-refractivity contribution in [2.24, 2.45) is 11.8 Å². The van der Waals surface area contributed by atoms with Gasteiger partial charge >= 0.3 is 0 Å². The van der Waals surface area contributed by atoms with Crippen molar-refractivity contribution in [3.05, 3.63) is 48.0 Å². The van der Waals surface area contributed by atoms with Crippen LogP contribution in [0.4, 0.5) is 0 Å². The molecule has 2 fully saturated rings. The number of hydrogen-bond acceptors (Lipinski definition) is 8. The Kier molecular flexibility index (Phi) is 6.75. The normalized spacial score (nSPS) is 20.6. The van der Waals surface area contributed by atoms with Crippen molar-refractivity contribution in [3.8, 4) is 5.69 Å². The second-order valence-electron chi connectivity index (χ2n) is 10.2. The van der Waals surface area contributed by atoms with E-state index in [0.29, 0.717) is 23.6 Å². The standard InChI is InChI=1S/C27H32N8O2/c1-18-2-4-20-16-22(6-7-23(20)30-18)35-26-24(32-33-35)17-29-25(31-26)15-19-3-5-21(14-19)27(36)28-8-9-34-10-12-37-13-11-34/h2,4,6-7,16-17,19,21H,3,5,8-15H2,1H3,(H,28,36)/t19-,21-/m1/s1. The number of aromatic nitrogens is 6. The molecule has 10 nitrogen and oxygen atoms in total. The molecule has 1 N–H and O–H groups in total. The van der Waals surface area contributed by atoms with Crippen molar-refractivity contribution in [3.63, 3.8) is 0 Å². The van der Waals surface area contributed by atoms with E-state index in [1.807, 2.05) is 25.1 Å². The molecule has 1 saturated heterocycles. The number of rotatable bonds is 7. The van der Waals surface area contributed by atoms with E-state index in [1.165, 1.54) is 0 Å². The molecule has 1 amide bonds. The minimum absolute atomic E-state index is 0.0699. The smallest absolute Gasteiger partial charge is 0.223 e. The van der Waals surface area contributed by atoms with Gasteiger partial charge in [0.2, 0.25) is 5.91 Å². The summed E-state index contributed by atoms with van der Waals surface area (Å²) in [7, 11) is 0. The highest BCUT2D eigenvalue weighted by molar-refractivity contribution is 5.82. The molecule has 4 aromatic rings. The van der Waals surface area contributed by atoms with Gasteiger partial charge < -0.3 is 10.1 Å². The second-order valence-corrected chi connectivity index (χ2v) is 10.2. The zero-order valence-electron chi connectivity index (χ0n) is 21.1. The maximum absolute atomic E-state index is 12.7. The lowest BCUT2D eigenvalue weighted by molar-refractivity contribution is -0.125. The van der Waals surface area contributed by atoms with Crippen LogP contribution in [0.25, 0.3) is 27.8 Å². The molecular formula is C27H32N8O2. The molecule has 10 heteroatoms. The second kappa shape index (κ2) is 10.5. The Morgan fingerprint density at radius 3 is 2.89 bits per heavy atom. The fourth-order valence-electron chi connectivity index (χ4n) is 5.45. The molecule has 1 saturated carbocycles. The Labute approximate surface area is 215 Å². The van der Waals surface area contributed by atoms with Crippen LogP contribution in [0.15, 0.2) is 36.5 Å². The van der Waals surface area contributed by atoms with Crippen LogP contribution in [0.1, 0.15) is 30.8 Å². The number of carbonyl (C=O) groups excluding carboxylic acids is 1. The molecule has 2 atom stereocenters. The highest BCUT2D eigenvalue weighted by Crippen LogP contribution is 2.33. The Bertz CT molecular complexity index is 1410. The third-order valence-corrected chi connectivity index (χ3v) is 7.51. The van der Waals surface area contributed by atoms with Gasteiger partial charge in [0.05, 0.1) is 30.6 Å². The highest BCUT2D eigenvalue weighted by atomic mass is 16.5. The van der Waals surface area contributed by atoms with Gasteiger partial charge in [-0.15, -0.1) is 5.10 Å². The van der Waals surface area contributed by atoms with Gasteiger partial charge in [0, 0.05) is 49.6 Å². The van der Waals surface area contributed by atoms with Crippen LogP contribution in [-0.2, 0) is 16.0 Å². The zero-order valence-corrected chi connectivity index (χ0v) is 21.1. The number of ether oxygens (including phenoxy) is 1. The van der Waals surface area contributed by atoms with E-state index in [-0.39, 0.29) is 11.8 Å². The number of fused-ring (bicyclic) bond motifs is 2. The van der Waals surface area contributed by atoms with Gasteiger partial charge in [0.25, 0.3) is 0 Å². The lowest BCUT2D eigenvalue weighted by atomic mass is 10.0. The fourth-order valence-corrected chi connectivity index (χ4v) is 5.45. The maximum Gasteiger partial charge on any atom is 0.223 e. The van der Waals surface area contributed by atoms with Gasteiger partial charge in [0.15, 0.2) is 11.2 Å². The van der Waals surface area contributed by atoms with Gasteiger partial charge in [-0.25, -0.2) is 9.97 Å². The summed E-state index contributed by atoms with van der Waals surface area (Å²) in [6.07, 6.45) is 5.30. The largest absolute Gasteiger partial charge is 0.379 e. The minimum atomic E-state index is 0.0699. The Hall–Kier alpha value is -3.50. The number of aryl methyl sites for hydroxylation is 1. The molecule has 0 bridgehead atoms. The zero-order chi connectivity index (χ0) is 25.2. The third kappa shape index (κ3) is 5.30. The van der Waals surface area contributed by atoms with Gasteiger partial charge in [-0.1, -0.05) is 11.3 Å². The third-order valence-electron chi connectivity index (χ3n) is 7.51. The molecular weight excluding hydrogens is 468 g/mol. The molecule has 37 heavy (non-hydrogen) atoms. The van der Waals surface area contributed by atoms with Crippen LogP contribution < -0.4 is 5.32 Å². The average molecular weight is 501 g/mol.